The summed E-state index contributed by atoms with van der Waals surface area (Å²) in [6.45, 7) is 5.07. The Morgan fingerprint density at radius 2 is 2.22 bits per heavy atom. The molecule has 0 aromatic rings. The molecule has 0 aromatic heterocycles. The van der Waals surface area contributed by atoms with Gasteiger partial charge in [-0.2, -0.15) is 0 Å². The molecular weight excluding hydrogens is 116 g/mol. The van der Waals surface area contributed by atoms with Gasteiger partial charge in [0.25, 0.3) is 0 Å². The summed E-state index contributed by atoms with van der Waals surface area (Å²) in [5.41, 5.74) is 0. The van der Waals surface area contributed by atoms with E-state index in [1.165, 1.54) is 0 Å². The standard InChI is InChI=1S/C6H16N2O/c1-3-7-4-5-8(2)6-9/h7,9H,3-6H2,1-2H3. The van der Waals surface area contributed by atoms with E-state index in [4.69, 9.17) is 5.11 Å². The summed E-state index contributed by atoms with van der Waals surface area (Å²) in [4.78, 5) is 1.85. The van der Waals surface area contributed by atoms with Crippen LogP contribution >= 0.6 is 0 Å². The first-order valence-electron chi connectivity index (χ1n) is 3.31. The number of nitrogens with zero attached hydrogens (tertiary/aromatic N) is 1. The fourth-order valence-electron chi connectivity index (χ4n) is 0.517. The van der Waals surface area contributed by atoms with Gasteiger partial charge in [-0.25, -0.2) is 0 Å². The second kappa shape index (κ2) is 6.01. The summed E-state index contributed by atoms with van der Waals surface area (Å²) in [5.74, 6) is 0. The van der Waals surface area contributed by atoms with Crippen molar-refractivity contribution < 1.29 is 5.11 Å². The molecule has 0 aromatic carbocycles. The van der Waals surface area contributed by atoms with Crippen molar-refractivity contribution >= 4 is 0 Å². The summed E-state index contributed by atoms with van der Waals surface area (Å²) >= 11 is 0. The molecule has 0 aliphatic rings. The second-order valence-electron chi connectivity index (χ2n) is 2.07. The van der Waals surface area contributed by atoms with Crippen molar-refractivity contribution in [1.29, 1.82) is 0 Å². The maximum atomic E-state index is 8.53. The molecule has 0 fully saturated rings. The predicted molar refractivity (Wildman–Crippen MR) is 38.3 cm³/mol. The molecule has 0 atom stereocenters. The van der Waals surface area contributed by atoms with Gasteiger partial charge >= 0.3 is 0 Å². The van der Waals surface area contributed by atoms with Crippen LogP contribution in [0.15, 0.2) is 0 Å². The van der Waals surface area contributed by atoms with Crippen molar-refractivity contribution in [2.45, 2.75) is 6.92 Å². The predicted octanol–water partition coefficient (Wildman–Crippen LogP) is -0.522. The van der Waals surface area contributed by atoms with E-state index in [-0.39, 0.29) is 6.73 Å². The van der Waals surface area contributed by atoms with Crippen LogP contribution in [0, 0.1) is 0 Å². The zero-order chi connectivity index (χ0) is 7.11. The minimum absolute atomic E-state index is 0.144. The minimum Gasteiger partial charge on any atom is -0.381 e. The van der Waals surface area contributed by atoms with Crippen LogP contribution in [0.25, 0.3) is 0 Å². The highest BCUT2D eigenvalue weighted by atomic mass is 16.3. The molecule has 0 unspecified atom stereocenters. The highest BCUT2D eigenvalue weighted by Gasteiger charge is 1.91. The van der Waals surface area contributed by atoms with E-state index in [1.807, 2.05) is 11.9 Å². The van der Waals surface area contributed by atoms with Crippen LogP contribution < -0.4 is 5.32 Å². The average Bonchev–Trinajstić information content (AvgIpc) is 1.89. The normalized spacial score (nSPS) is 10.7. The second-order valence-corrected chi connectivity index (χ2v) is 2.07. The van der Waals surface area contributed by atoms with Crippen molar-refractivity contribution in [2.75, 3.05) is 33.4 Å². The third-order valence-corrected chi connectivity index (χ3v) is 1.16. The van der Waals surface area contributed by atoms with Crippen molar-refractivity contribution in [2.24, 2.45) is 0 Å². The van der Waals surface area contributed by atoms with Crippen molar-refractivity contribution in [3.05, 3.63) is 0 Å². The Morgan fingerprint density at radius 1 is 1.56 bits per heavy atom. The molecule has 0 saturated heterocycles. The highest BCUT2D eigenvalue weighted by Crippen LogP contribution is 1.74. The lowest BCUT2D eigenvalue weighted by atomic mass is 10.5. The molecule has 0 bridgehead atoms. The Balaban J connectivity index is 2.88. The van der Waals surface area contributed by atoms with E-state index >= 15 is 0 Å². The van der Waals surface area contributed by atoms with Crippen LogP contribution in [0.1, 0.15) is 6.92 Å². The van der Waals surface area contributed by atoms with Gasteiger partial charge < -0.3 is 10.4 Å². The van der Waals surface area contributed by atoms with Crippen LogP contribution in [0.3, 0.4) is 0 Å². The molecule has 9 heavy (non-hydrogen) atoms. The fraction of sp³-hybridized carbons (Fsp3) is 1.00. The molecule has 0 aliphatic heterocycles. The molecule has 0 spiro atoms. The summed E-state index contributed by atoms with van der Waals surface area (Å²) < 4.78 is 0. The number of rotatable bonds is 5. The van der Waals surface area contributed by atoms with Gasteiger partial charge in [0.15, 0.2) is 0 Å². The Labute approximate surface area is 56.7 Å². The molecule has 0 heterocycles. The number of likely N-dealkylation sites (N-methyl/N-ethyl adjacent to an activating group) is 2. The molecule has 56 valence electrons. The summed E-state index contributed by atoms with van der Waals surface area (Å²) in [6.07, 6.45) is 0. The van der Waals surface area contributed by atoms with Gasteiger partial charge in [-0.1, -0.05) is 6.92 Å². The van der Waals surface area contributed by atoms with Gasteiger partial charge in [0.05, 0.1) is 6.73 Å². The van der Waals surface area contributed by atoms with Gasteiger partial charge in [-0.15, -0.1) is 0 Å². The van der Waals surface area contributed by atoms with E-state index in [2.05, 4.69) is 12.2 Å². The quantitative estimate of drug-likeness (QED) is 0.390. The number of nitrogens with one attached hydrogen (secondary N) is 1. The zero-order valence-electron chi connectivity index (χ0n) is 6.22. The van der Waals surface area contributed by atoms with Crippen LogP contribution in [-0.2, 0) is 0 Å². The first-order chi connectivity index (χ1) is 4.31. The van der Waals surface area contributed by atoms with E-state index in [0.717, 1.165) is 19.6 Å². The topological polar surface area (TPSA) is 35.5 Å². The van der Waals surface area contributed by atoms with Crippen LogP contribution in [0.2, 0.25) is 0 Å². The Bertz CT molecular complexity index is 59.0. The summed E-state index contributed by atoms with van der Waals surface area (Å²) in [7, 11) is 1.89. The largest absolute Gasteiger partial charge is 0.381 e. The van der Waals surface area contributed by atoms with Gasteiger partial charge in [0.1, 0.15) is 0 Å². The van der Waals surface area contributed by atoms with Gasteiger partial charge in [0.2, 0.25) is 0 Å². The number of aliphatic hydroxyl groups is 1. The number of aliphatic hydroxyl groups excluding tert-OH is 1. The Morgan fingerprint density at radius 3 is 2.67 bits per heavy atom. The van der Waals surface area contributed by atoms with Gasteiger partial charge in [-0.05, 0) is 13.6 Å². The number of hydrogen-bond donors (Lipinski definition) is 2. The third kappa shape index (κ3) is 5.76. The molecule has 0 radical (unpaired) electrons. The highest BCUT2D eigenvalue weighted by molar-refractivity contribution is 4.47. The van der Waals surface area contributed by atoms with E-state index < -0.39 is 0 Å². The van der Waals surface area contributed by atoms with Crippen LogP contribution in [0.4, 0.5) is 0 Å². The monoisotopic (exact) mass is 132 g/mol. The maximum absolute atomic E-state index is 8.53. The number of hydrogen-bond acceptors (Lipinski definition) is 3. The Kier molecular flexibility index (Phi) is 5.93. The molecule has 0 aliphatic carbocycles. The lowest BCUT2D eigenvalue weighted by Gasteiger charge is -2.11. The summed E-state index contributed by atoms with van der Waals surface area (Å²) in [6, 6.07) is 0. The average molecular weight is 132 g/mol. The Hall–Kier alpha value is -0.120. The molecule has 0 saturated carbocycles. The van der Waals surface area contributed by atoms with E-state index in [1.54, 1.807) is 0 Å². The first-order valence-corrected chi connectivity index (χ1v) is 3.31. The van der Waals surface area contributed by atoms with Crippen molar-refractivity contribution in [1.82, 2.24) is 10.2 Å². The van der Waals surface area contributed by atoms with E-state index in [9.17, 15) is 0 Å². The summed E-state index contributed by atoms with van der Waals surface area (Å²) in [5, 5.41) is 11.7. The van der Waals surface area contributed by atoms with E-state index in [0.29, 0.717) is 0 Å². The van der Waals surface area contributed by atoms with Crippen molar-refractivity contribution in [3.63, 3.8) is 0 Å². The van der Waals surface area contributed by atoms with Crippen LogP contribution in [0.5, 0.6) is 0 Å². The zero-order valence-corrected chi connectivity index (χ0v) is 6.22. The fourth-order valence-corrected chi connectivity index (χ4v) is 0.517. The van der Waals surface area contributed by atoms with Gasteiger partial charge in [-0.3, -0.25) is 4.90 Å². The van der Waals surface area contributed by atoms with Crippen LogP contribution in [-0.4, -0.2) is 43.4 Å². The molecule has 2 N–H and O–H groups in total. The lowest BCUT2D eigenvalue weighted by Crippen LogP contribution is -2.29. The molecule has 3 nitrogen and oxygen atoms in total. The smallest absolute Gasteiger partial charge is 0.0954 e. The lowest BCUT2D eigenvalue weighted by molar-refractivity contribution is 0.133. The van der Waals surface area contributed by atoms with Gasteiger partial charge in [0, 0.05) is 13.1 Å². The third-order valence-electron chi connectivity index (χ3n) is 1.16. The minimum atomic E-state index is 0.144. The first kappa shape index (κ1) is 8.88. The van der Waals surface area contributed by atoms with Crippen molar-refractivity contribution in [3.8, 4) is 0 Å². The SMILES string of the molecule is CCNCCN(C)CO. The molecule has 3 heteroatoms. The maximum Gasteiger partial charge on any atom is 0.0954 e. The molecule has 0 amide bonds. The molecule has 0 rings (SSSR count). The molecular formula is C6H16N2O.